The lowest BCUT2D eigenvalue weighted by Gasteiger charge is -2.27. The zero-order valence-corrected chi connectivity index (χ0v) is 14.0. The number of pyridine rings is 1. The zero-order chi connectivity index (χ0) is 17.5. The lowest BCUT2D eigenvalue weighted by atomic mass is 10.1. The fourth-order valence-electron chi connectivity index (χ4n) is 2.65. The second-order valence-electron chi connectivity index (χ2n) is 5.92. The minimum atomic E-state index is -0.922. The highest BCUT2D eigenvalue weighted by molar-refractivity contribution is 5.70. The van der Waals surface area contributed by atoms with Crippen molar-refractivity contribution in [1.29, 1.82) is 0 Å². The average Bonchev–Trinajstić information content (AvgIpc) is 2.68. The van der Waals surface area contributed by atoms with Crippen molar-refractivity contribution < 1.29 is 19.4 Å². The van der Waals surface area contributed by atoms with E-state index in [1.54, 1.807) is 12.3 Å². The number of morpholine rings is 1. The molecule has 1 aromatic heterocycles. The molecule has 1 saturated heterocycles. The first-order chi connectivity index (χ1) is 12.2. The number of carbonyl (C=O) groups excluding carboxylic acids is 1. The predicted molar refractivity (Wildman–Crippen MR) is 93.1 cm³/mol. The summed E-state index contributed by atoms with van der Waals surface area (Å²) >= 11 is 0. The first-order valence-corrected chi connectivity index (χ1v) is 8.38. The summed E-state index contributed by atoms with van der Waals surface area (Å²) in [6, 6.07) is 13.1. The minimum Gasteiger partial charge on any atom is -0.461 e. The molecule has 0 unspecified atom stereocenters. The van der Waals surface area contributed by atoms with Crippen LogP contribution in [-0.4, -0.2) is 42.4 Å². The van der Waals surface area contributed by atoms with Crippen LogP contribution in [0.15, 0.2) is 48.7 Å². The monoisotopic (exact) mass is 342 g/mol. The molecular weight excluding hydrogens is 320 g/mol. The molecule has 1 atom stereocenters. The summed E-state index contributed by atoms with van der Waals surface area (Å²) in [6.07, 6.45) is 0.597. The molecule has 0 amide bonds. The van der Waals surface area contributed by atoms with E-state index in [0.29, 0.717) is 18.8 Å². The molecule has 0 radical (unpaired) electrons. The largest absolute Gasteiger partial charge is 0.461 e. The van der Waals surface area contributed by atoms with Crippen molar-refractivity contribution in [3.05, 3.63) is 59.8 Å². The van der Waals surface area contributed by atoms with Crippen molar-refractivity contribution in [3.63, 3.8) is 0 Å². The lowest BCUT2D eigenvalue weighted by Crippen LogP contribution is -2.36. The third-order valence-corrected chi connectivity index (χ3v) is 4.09. The standard InChI is InChI=1S/C19H22N2O4/c22-17(12-19(23)25-14-15-4-2-1-3-5-15)16-6-7-18(20-13-16)21-8-10-24-11-9-21/h1-7,13,17,22H,8-12,14H2/t17-/m1/s1. The molecule has 25 heavy (non-hydrogen) atoms. The molecule has 1 aliphatic rings. The van der Waals surface area contributed by atoms with Gasteiger partial charge in [0.25, 0.3) is 0 Å². The molecule has 2 heterocycles. The fourth-order valence-corrected chi connectivity index (χ4v) is 2.65. The van der Waals surface area contributed by atoms with Gasteiger partial charge in [-0.05, 0) is 17.2 Å². The number of anilines is 1. The topological polar surface area (TPSA) is 71.9 Å². The minimum absolute atomic E-state index is 0.0919. The van der Waals surface area contributed by atoms with Crippen molar-refractivity contribution >= 4 is 11.8 Å². The van der Waals surface area contributed by atoms with E-state index >= 15 is 0 Å². The molecule has 132 valence electrons. The van der Waals surface area contributed by atoms with E-state index in [1.165, 1.54) is 0 Å². The highest BCUT2D eigenvalue weighted by Crippen LogP contribution is 2.20. The molecule has 0 spiro atoms. The number of esters is 1. The second-order valence-corrected chi connectivity index (χ2v) is 5.92. The van der Waals surface area contributed by atoms with E-state index in [2.05, 4.69) is 9.88 Å². The first-order valence-electron chi connectivity index (χ1n) is 8.38. The molecule has 2 aromatic rings. The first kappa shape index (κ1) is 17.4. The Kier molecular flexibility index (Phi) is 5.98. The van der Waals surface area contributed by atoms with Crippen LogP contribution in [0, 0.1) is 0 Å². The number of aliphatic hydroxyl groups excluding tert-OH is 1. The molecule has 0 saturated carbocycles. The number of aromatic nitrogens is 1. The van der Waals surface area contributed by atoms with E-state index in [-0.39, 0.29) is 13.0 Å². The number of hydrogen-bond acceptors (Lipinski definition) is 6. The van der Waals surface area contributed by atoms with E-state index in [4.69, 9.17) is 9.47 Å². The van der Waals surface area contributed by atoms with Gasteiger partial charge in [-0.1, -0.05) is 36.4 Å². The van der Waals surface area contributed by atoms with Crippen LogP contribution in [0.4, 0.5) is 5.82 Å². The van der Waals surface area contributed by atoms with Crippen molar-refractivity contribution in [2.75, 3.05) is 31.2 Å². The number of hydrogen-bond donors (Lipinski definition) is 1. The Hall–Kier alpha value is -2.44. The third-order valence-electron chi connectivity index (χ3n) is 4.09. The Morgan fingerprint density at radius 2 is 1.96 bits per heavy atom. The van der Waals surface area contributed by atoms with Crippen molar-refractivity contribution in [2.45, 2.75) is 19.1 Å². The summed E-state index contributed by atoms with van der Waals surface area (Å²) in [6.45, 7) is 3.21. The van der Waals surface area contributed by atoms with Crippen LogP contribution in [0.25, 0.3) is 0 Å². The summed E-state index contributed by atoms with van der Waals surface area (Å²) in [5.41, 5.74) is 1.52. The highest BCUT2D eigenvalue weighted by Gasteiger charge is 2.16. The summed E-state index contributed by atoms with van der Waals surface area (Å²) < 4.78 is 10.5. The number of ether oxygens (including phenoxy) is 2. The quantitative estimate of drug-likeness (QED) is 0.811. The molecule has 0 bridgehead atoms. The van der Waals surface area contributed by atoms with Crippen LogP contribution >= 0.6 is 0 Å². The van der Waals surface area contributed by atoms with Crippen molar-refractivity contribution in [3.8, 4) is 0 Å². The van der Waals surface area contributed by atoms with Gasteiger partial charge in [0.1, 0.15) is 12.4 Å². The maximum absolute atomic E-state index is 11.9. The summed E-state index contributed by atoms with van der Waals surface area (Å²) in [5.74, 6) is 0.416. The second kappa shape index (κ2) is 8.60. The van der Waals surface area contributed by atoms with Crippen molar-refractivity contribution in [1.82, 2.24) is 4.98 Å². The molecular formula is C19H22N2O4. The zero-order valence-electron chi connectivity index (χ0n) is 14.0. The number of nitrogens with zero attached hydrogens (tertiary/aromatic N) is 2. The van der Waals surface area contributed by atoms with E-state index in [1.807, 2.05) is 36.4 Å². The van der Waals surface area contributed by atoms with Crippen LogP contribution in [0.1, 0.15) is 23.7 Å². The van der Waals surface area contributed by atoms with Gasteiger partial charge in [0.15, 0.2) is 0 Å². The fraction of sp³-hybridized carbons (Fsp3) is 0.368. The lowest BCUT2D eigenvalue weighted by molar-refractivity contribution is -0.147. The van der Waals surface area contributed by atoms with Crippen LogP contribution in [0.3, 0.4) is 0 Å². The van der Waals surface area contributed by atoms with Gasteiger partial charge >= 0.3 is 5.97 Å². The number of carbonyl (C=O) groups is 1. The molecule has 3 rings (SSSR count). The molecule has 0 aliphatic carbocycles. The molecule has 1 fully saturated rings. The molecule has 1 aliphatic heterocycles. The summed E-state index contributed by atoms with van der Waals surface area (Å²) in [7, 11) is 0. The number of benzene rings is 1. The Morgan fingerprint density at radius 3 is 2.64 bits per heavy atom. The van der Waals surface area contributed by atoms with E-state index < -0.39 is 12.1 Å². The van der Waals surface area contributed by atoms with Gasteiger partial charge in [0, 0.05) is 19.3 Å². The Morgan fingerprint density at radius 1 is 1.20 bits per heavy atom. The predicted octanol–water partition coefficient (Wildman–Crippen LogP) is 2.09. The number of rotatable bonds is 6. The number of aliphatic hydroxyl groups is 1. The van der Waals surface area contributed by atoms with Crippen molar-refractivity contribution in [2.24, 2.45) is 0 Å². The molecule has 6 heteroatoms. The van der Waals surface area contributed by atoms with Crippen LogP contribution in [-0.2, 0) is 20.9 Å². The summed E-state index contributed by atoms with van der Waals surface area (Å²) in [4.78, 5) is 18.4. The van der Waals surface area contributed by atoms with Crippen LogP contribution in [0.2, 0.25) is 0 Å². The van der Waals surface area contributed by atoms with Gasteiger partial charge in [-0.15, -0.1) is 0 Å². The van der Waals surface area contributed by atoms with E-state index in [0.717, 1.165) is 24.5 Å². The normalized spacial score (nSPS) is 15.6. The SMILES string of the molecule is O=C(C[C@@H](O)c1ccc(N2CCOCC2)nc1)OCc1ccccc1. The van der Waals surface area contributed by atoms with Gasteiger partial charge in [-0.2, -0.15) is 0 Å². The summed E-state index contributed by atoms with van der Waals surface area (Å²) in [5, 5.41) is 10.2. The molecule has 1 N–H and O–H groups in total. The van der Waals surface area contributed by atoms with Crippen LogP contribution in [0.5, 0.6) is 0 Å². The Balaban J connectivity index is 1.50. The smallest absolute Gasteiger partial charge is 0.309 e. The van der Waals surface area contributed by atoms with E-state index in [9.17, 15) is 9.90 Å². The molecule has 1 aromatic carbocycles. The Labute approximate surface area is 147 Å². The third kappa shape index (κ3) is 5.01. The maximum atomic E-state index is 11.9. The van der Waals surface area contributed by atoms with Gasteiger partial charge < -0.3 is 19.5 Å². The maximum Gasteiger partial charge on any atom is 0.309 e. The highest BCUT2D eigenvalue weighted by atomic mass is 16.5. The Bertz CT molecular complexity index is 670. The van der Waals surface area contributed by atoms with Crippen LogP contribution < -0.4 is 4.90 Å². The van der Waals surface area contributed by atoms with Gasteiger partial charge in [-0.25, -0.2) is 4.98 Å². The van der Waals surface area contributed by atoms with Gasteiger partial charge in [-0.3, -0.25) is 4.79 Å². The van der Waals surface area contributed by atoms with Gasteiger partial charge in [0.05, 0.1) is 25.7 Å². The molecule has 6 nitrogen and oxygen atoms in total. The van der Waals surface area contributed by atoms with Gasteiger partial charge in [0.2, 0.25) is 0 Å². The average molecular weight is 342 g/mol.